The van der Waals surface area contributed by atoms with Crippen molar-refractivity contribution in [2.45, 2.75) is 44.2 Å². The van der Waals surface area contributed by atoms with Gasteiger partial charge in [-0.25, -0.2) is 0 Å². The Balaban J connectivity index is 1.39. The largest absolute Gasteiger partial charge is 0.497 e. The molecule has 1 aliphatic rings. The number of fused-ring (bicyclic) bond motifs is 4. The number of thioether (sulfide) groups is 1. The van der Waals surface area contributed by atoms with Crippen LogP contribution in [0.3, 0.4) is 0 Å². The average molecular weight is 478 g/mol. The summed E-state index contributed by atoms with van der Waals surface area (Å²) in [7, 11) is 1.64. The first-order valence-electron chi connectivity index (χ1n) is 10.9. The zero-order valence-electron chi connectivity index (χ0n) is 18.5. The Morgan fingerprint density at radius 3 is 2.94 bits per heavy atom. The number of hydrogen-bond acceptors (Lipinski definition) is 7. The predicted octanol–water partition coefficient (Wildman–Crippen LogP) is 5.13. The van der Waals surface area contributed by atoms with Crippen molar-refractivity contribution in [3.05, 3.63) is 45.8 Å². The molecular formula is C24H23N5O2S2. The maximum absolute atomic E-state index is 12.8. The molecule has 3 heterocycles. The number of ether oxygens (including phenoxy) is 1. The molecule has 0 aliphatic heterocycles. The van der Waals surface area contributed by atoms with Crippen LogP contribution in [0.4, 0.5) is 5.00 Å². The SMILES string of the molecule is COc1ccc2c(C)cc3nnc(SCC(=O)Nc4sc5c(c4C#N)CCCCC5)n3c2c1. The minimum atomic E-state index is -0.154. The number of amides is 1. The number of aryl methyl sites for hydroxylation is 2. The summed E-state index contributed by atoms with van der Waals surface area (Å²) in [5.74, 6) is 0.769. The molecule has 9 heteroatoms. The van der Waals surface area contributed by atoms with Crippen LogP contribution >= 0.6 is 23.1 Å². The van der Waals surface area contributed by atoms with E-state index in [2.05, 4.69) is 21.6 Å². The summed E-state index contributed by atoms with van der Waals surface area (Å²) >= 11 is 2.88. The first kappa shape index (κ1) is 21.7. The number of aromatic nitrogens is 3. The van der Waals surface area contributed by atoms with E-state index in [0.717, 1.165) is 59.1 Å². The summed E-state index contributed by atoms with van der Waals surface area (Å²) in [6.07, 6.45) is 5.33. The molecule has 1 amide bonds. The molecule has 1 N–H and O–H groups in total. The summed E-state index contributed by atoms with van der Waals surface area (Å²) in [5, 5.41) is 23.7. The van der Waals surface area contributed by atoms with E-state index in [1.165, 1.54) is 23.1 Å². The molecule has 0 radical (unpaired) electrons. The second-order valence-electron chi connectivity index (χ2n) is 8.10. The van der Waals surface area contributed by atoms with E-state index in [9.17, 15) is 10.1 Å². The van der Waals surface area contributed by atoms with E-state index in [-0.39, 0.29) is 11.7 Å². The van der Waals surface area contributed by atoms with E-state index >= 15 is 0 Å². The van der Waals surface area contributed by atoms with Gasteiger partial charge in [0.15, 0.2) is 10.8 Å². The van der Waals surface area contributed by atoms with E-state index in [0.29, 0.717) is 15.7 Å². The summed E-state index contributed by atoms with van der Waals surface area (Å²) in [6, 6.07) is 10.2. The topological polar surface area (TPSA) is 92.3 Å². The zero-order chi connectivity index (χ0) is 22.9. The fourth-order valence-electron chi connectivity index (χ4n) is 4.36. The molecule has 4 aromatic rings. The molecule has 1 aliphatic carbocycles. The maximum atomic E-state index is 12.8. The fraction of sp³-hybridized carbons (Fsp3) is 0.333. The quantitative estimate of drug-likeness (QED) is 0.316. The van der Waals surface area contributed by atoms with Gasteiger partial charge in [-0.05, 0) is 61.9 Å². The van der Waals surface area contributed by atoms with Crippen molar-refractivity contribution in [1.29, 1.82) is 5.26 Å². The van der Waals surface area contributed by atoms with Gasteiger partial charge in [-0.2, -0.15) is 5.26 Å². The Morgan fingerprint density at radius 1 is 1.27 bits per heavy atom. The summed E-state index contributed by atoms with van der Waals surface area (Å²) in [5.41, 5.74) is 4.53. The zero-order valence-corrected chi connectivity index (χ0v) is 20.1. The molecule has 0 bridgehead atoms. The van der Waals surface area contributed by atoms with Gasteiger partial charge in [0.1, 0.15) is 16.8 Å². The van der Waals surface area contributed by atoms with E-state index in [4.69, 9.17) is 4.74 Å². The Labute approximate surface area is 199 Å². The normalized spacial score (nSPS) is 13.5. The van der Waals surface area contributed by atoms with Crippen molar-refractivity contribution in [3.8, 4) is 11.8 Å². The van der Waals surface area contributed by atoms with Gasteiger partial charge >= 0.3 is 0 Å². The lowest BCUT2D eigenvalue weighted by Crippen LogP contribution is -2.14. The van der Waals surface area contributed by atoms with Crippen molar-refractivity contribution in [1.82, 2.24) is 14.6 Å². The third-order valence-electron chi connectivity index (χ3n) is 5.99. The van der Waals surface area contributed by atoms with Crippen LogP contribution in [0.5, 0.6) is 5.75 Å². The molecule has 5 rings (SSSR count). The molecular weight excluding hydrogens is 454 g/mol. The van der Waals surface area contributed by atoms with Crippen molar-refractivity contribution >= 4 is 50.6 Å². The number of anilines is 1. The monoisotopic (exact) mass is 477 g/mol. The van der Waals surface area contributed by atoms with Gasteiger partial charge in [-0.1, -0.05) is 18.2 Å². The van der Waals surface area contributed by atoms with Crippen LogP contribution in [0.15, 0.2) is 29.4 Å². The Kier molecular flexibility index (Phi) is 5.96. The van der Waals surface area contributed by atoms with E-state index in [1.807, 2.05) is 35.6 Å². The number of carbonyl (C=O) groups is 1. The smallest absolute Gasteiger partial charge is 0.235 e. The second kappa shape index (κ2) is 9.04. The van der Waals surface area contributed by atoms with Crippen LogP contribution in [0.25, 0.3) is 16.6 Å². The number of nitrogens with zero attached hydrogens (tertiary/aromatic N) is 4. The van der Waals surface area contributed by atoms with Gasteiger partial charge in [0.2, 0.25) is 5.91 Å². The highest BCUT2D eigenvalue weighted by molar-refractivity contribution is 7.99. The molecule has 0 saturated carbocycles. The van der Waals surface area contributed by atoms with Gasteiger partial charge in [0, 0.05) is 16.3 Å². The number of carbonyl (C=O) groups excluding carboxylic acids is 1. The van der Waals surface area contributed by atoms with Crippen LogP contribution in [0.2, 0.25) is 0 Å². The van der Waals surface area contributed by atoms with Gasteiger partial charge in [-0.15, -0.1) is 21.5 Å². The molecule has 7 nitrogen and oxygen atoms in total. The molecule has 0 fully saturated rings. The molecule has 168 valence electrons. The Morgan fingerprint density at radius 2 is 2.12 bits per heavy atom. The third kappa shape index (κ3) is 4.05. The Hall–Kier alpha value is -3.09. The molecule has 3 aromatic heterocycles. The lowest BCUT2D eigenvalue weighted by molar-refractivity contribution is -0.113. The summed E-state index contributed by atoms with van der Waals surface area (Å²) < 4.78 is 7.36. The highest BCUT2D eigenvalue weighted by Crippen LogP contribution is 2.37. The first-order chi connectivity index (χ1) is 16.1. The second-order valence-corrected chi connectivity index (χ2v) is 10.2. The molecule has 1 aromatic carbocycles. The summed E-state index contributed by atoms with van der Waals surface area (Å²) in [4.78, 5) is 14.0. The number of rotatable bonds is 5. The molecule has 33 heavy (non-hydrogen) atoms. The van der Waals surface area contributed by atoms with Crippen molar-refractivity contribution in [3.63, 3.8) is 0 Å². The number of nitrogens with one attached hydrogen (secondary N) is 1. The standard InChI is InChI=1S/C24H23N5O2S2/c1-14-10-21-27-28-24(29(21)19-11-15(31-2)8-9-16(14)19)32-13-22(30)26-23-18(12-25)17-6-4-3-5-7-20(17)33-23/h8-11H,3-7,13H2,1-2H3,(H,26,30). The van der Waals surface area contributed by atoms with Crippen molar-refractivity contribution < 1.29 is 9.53 Å². The van der Waals surface area contributed by atoms with Crippen LogP contribution in [-0.2, 0) is 17.6 Å². The number of hydrogen-bond donors (Lipinski definition) is 1. The van der Waals surface area contributed by atoms with Crippen LogP contribution in [0, 0.1) is 18.3 Å². The number of benzene rings is 1. The molecule has 0 saturated heterocycles. The number of methoxy groups -OCH3 is 1. The average Bonchev–Trinajstić information content (AvgIpc) is 3.29. The fourth-order valence-corrected chi connectivity index (χ4v) is 6.37. The highest BCUT2D eigenvalue weighted by atomic mass is 32.2. The number of nitriles is 1. The number of thiophene rings is 1. The van der Waals surface area contributed by atoms with Gasteiger partial charge < -0.3 is 10.1 Å². The maximum Gasteiger partial charge on any atom is 0.235 e. The summed E-state index contributed by atoms with van der Waals surface area (Å²) in [6.45, 7) is 2.04. The third-order valence-corrected chi connectivity index (χ3v) is 8.13. The number of pyridine rings is 1. The van der Waals surface area contributed by atoms with Crippen LogP contribution in [-0.4, -0.2) is 33.4 Å². The Bertz CT molecular complexity index is 1420. The molecule has 0 atom stereocenters. The van der Waals surface area contributed by atoms with Gasteiger partial charge in [0.25, 0.3) is 0 Å². The minimum absolute atomic E-state index is 0.154. The molecule has 0 unspecified atom stereocenters. The minimum Gasteiger partial charge on any atom is -0.497 e. The van der Waals surface area contributed by atoms with Crippen molar-refractivity contribution in [2.24, 2.45) is 0 Å². The van der Waals surface area contributed by atoms with E-state index in [1.54, 1.807) is 18.4 Å². The van der Waals surface area contributed by atoms with Crippen LogP contribution in [0.1, 0.15) is 40.8 Å². The van der Waals surface area contributed by atoms with Crippen LogP contribution < -0.4 is 10.1 Å². The van der Waals surface area contributed by atoms with E-state index < -0.39 is 0 Å². The lowest BCUT2D eigenvalue weighted by Gasteiger charge is -2.09. The van der Waals surface area contributed by atoms with Crippen molar-refractivity contribution in [2.75, 3.05) is 18.2 Å². The predicted molar refractivity (Wildman–Crippen MR) is 131 cm³/mol. The van der Waals surface area contributed by atoms with Gasteiger partial charge in [-0.3, -0.25) is 9.20 Å². The van der Waals surface area contributed by atoms with Gasteiger partial charge in [0.05, 0.1) is 23.9 Å². The highest BCUT2D eigenvalue weighted by Gasteiger charge is 2.21. The lowest BCUT2D eigenvalue weighted by atomic mass is 10.1. The molecule has 0 spiro atoms. The first-order valence-corrected chi connectivity index (χ1v) is 12.7.